The Kier molecular flexibility index (Phi) is 10.2. The lowest BCUT2D eigenvalue weighted by Gasteiger charge is -2.29. The number of hydrogen-bond acceptors (Lipinski definition) is 6. The van der Waals surface area contributed by atoms with Crippen LogP contribution < -0.4 is 10.1 Å². The number of amides is 2. The van der Waals surface area contributed by atoms with Gasteiger partial charge in [-0.25, -0.2) is 0 Å². The molecular formula is C24H31N3O5S. The molecule has 33 heavy (non-hydrogen) atoms. The Morgan fingerprint density at radius 3 is 2.42 bits per heavy atom. The zero-order chi connectivity index (χ0) is 24.4. The van der Waals surface area contributed by atoms with Crippen LogP contribution >= 0.6 is 11.8 Å². The monoisotopic (exact) mass is 473 g/mol. The summed E-state index contributed by atoms with van der Waals surface area (Å²) >= 11 is 1.41. The summed E-state index contributed by atoms with van der Waals surface area (Å²) in [5.41, 5.74) is 1.79. The molecule has 2 aromatic rings. The van der Waals surface area contributed by atoms with Crippen molar-refractivity contribution < 1.29 is 19.2 Å². The lowest BCUT2D eigenvalue weighted by molar-refractivity contribution is -0.384. The fourth-order valence-electron chi connectivity index (χ4n) is 3.06. The van der Waals surface area contributed by atoms with Gasteiger partial charge in [-0.05, 0) is 36.1 Å². The summed E-state index contributed by atoms with van der Waals surface area (Å²) in [5, 5.41) is 13.7. The maximum atomic E-state index is 13.1. The SMILES string of the molecule is COc1cccc(CN(C(=O)CSCc2ccc([N+](=O)[O-])cc2)C(C)C(=O)NCC(C)C)c1. The fraction of sp³-hybridized carbons (Fsp3) is 0.417. The van der Waals surface area contributed by atoms with Crippen LogP contribution in [0.4, 0.5) is 5.69 Å². The van der Waals surface area contributed by atoms with Crippen molar-refractivity contribution >= 4 is 29.3 Å². The molecule has 0 heterocycles. The van der Waals surface area contributed by atoms with Crippen LogP contribution in [0.15, 0.2) is 48.5 Å². The first-order valence-electron chi connectivity index (χ1n) is 10.7. The van der Waals surface area contributed by atoms with E-state index in [1.165, 1.54) is 23.9 Å². The molecule has 2 aromatic carbocycles. The van der Waals surface area contributed by atoms with Crippen LogP contribution in [0.2, 0.25) is 0 Å². The molecule has 1 atom stereocenters. The molecule has 0 aliphatic rings. The second-order valence-electron chi connectivity index (χ2n) is 8.10. The molecule has 0 radical (unpaired) electrons. The Hall–Kier alpha value is -3.07. The minimum atomic E-state index is -0.637. The van der Waals surface area contributed by atoms with Crippen molar-refractivity contribution in [1.82, 2.24) is 10.2 Å². The third-order valence-electron chi connectivity index (χ3n) is 4.98. The molecule has 8 nitrogen and oxygen atoms in total. The first-order chi connectivity index (χ1) is 15.7. The number of rotatable bonds is 12. The van der Waals surface area contributed by atoms with Crippen molar-refractivity contribution in [2.45, 2.75) is 39.1 Å². The number of nitrogens with zero attached hydrogens (tertiary/aromatic N) is 2. The zero-order valence-corrected chi connectivity index (χ0v) is 20.3. The number of carbonyl (C=O) groups is 2. The van der Waals surface area contributed by atoms with E-state index in [0.29, 0.717) is 24.0 Å². The summed E-state index contributed by atoms with van der Waals surface area (Å²) in [5.74, 6) is 1.36. The van der Waals surface area contributed by atoms with Crippen molar-refractivity contribution in [3.8, 4) is 5.75 Å². The Balaban J connectivity index is 2.07. The van der Waals surface area contributed by atoms with E-state index in [4.69, 9.17) is 4.74 Å². The van der Waals surface area contributed by atoms with Crippen LogP contribution in [0.3, 0.4) is 0 Å². The highest BCUT2D eigenvalue weighted by Gasteiger charge is 2.26. The van der Waals surface area contributed by atoms with E-state index in [9.17, 15) is 19.7 Å². The van der Waals surface area contributed by atoms with Crippen LogP contribution in [0, 0.1) is 16.0 Å². The summed E-state index contributed by atoms with van der Waals surface area (Å²) in [4.78, 5) is 37.7. The molecule has 1 unspecified atom stereocenters. The average Bonchev–Trinajstić information content (AvgIpc) is 2.80. The van der Waals surface area contributed by atoms with Crippen LogP contribution in [0.25, 0.3) is 0 Å². The average molecular weight is 474 g/mol. The van der Waals surface area contributed by atoms with E-state index in [0.717, 1.165) is 11.1 Å². The van der Waals surface area contributed by atoms with E-state index in [2.05, 4.69) is 5.32 Å². The number of nitrogens with one attached hydrogen (secondary N) is 1. The maximum Gasteiger partial charge on any atom is 0.269 e. The van der Waals surface area contributed by atoms with E-state index < -0.39 is 11.0 Å². The summed E-state index contributed by atoms with van der Waals surface area (Å²) < 4.78 is 5.28. The normalized spacial score (nSPS) is 11.7. The molecule has 0 saturated carbocycles. The largest absolute Gasteiger partial charge is 0.497 e. The lowest BCUT2D eigenvalue weighted by Crippen LogP contribution is -2.48. The number of nitro benzene ring substituents is 1. The molecule has 9 heteroatoms. The molecule has 0 aliphatic heterocycles. The molecule has 0 bridgehead atoms. The van der Waals surface area contributed by atoms with Crippen molar-refractivity contribution in [3.05, 3.63) is 69.8 Å². The van der Waals surface area contributed by atoms with Gasteiger partial charge in [-0.15, -0.1) is 11.8 Å². The third kappa shape index (κ3) is 8.42. The number of nitro groups is 1. The first-order valence-corrected chi connectivity index (χ1v) is 11.9. The van der Waals surface area contributed by atoms with E-state index in [1.807, 2.05) is 38.1 Å². The number of methoxy groups -OCH3 is 1. The Morgan fingerprint density at radius 1 is 1.12 bits per heavy atom. The van der Waals surface area contributed by atoms with Crippen LogP contribution in [-0.4, -0.2) is 47.1 Å². The summed E-state index contributed by atoms with van der Waals surface area (Å²) in [6.07, 6.45) is 0. The van der Waals surface area contributed by atoms with Gasteiger partial charge in [0.2, 0.25) is 11.8 Å². The van der Waals surface area contributed by atoms with Gasteiger partial charge in [-0.2, -0.15) is 0 Å². The molecule has 178 valence electrons. The van der Waals surface area contributed by atoms with Gasteiger partial charge in [0.25, 0.3) is 5.69 Å². The predicted molar refractivity (Wildman–Crippen MR) is 130 cm³/mol. The quantitative estimate of drug-likeness (QED) is 0.369. The van der Waals surface area contributed by atoms with Crippen molar-refractivity contribution in [2.75, 3.05) is 19.4 Å². The standard InChI is InChI=1S/C24H31N3O5S/c1-17(2)13-25-24(29)18(3)26(14-20-6-5-7-22(12-20)32-4)23(28)16-33-15-19-8-10-21(11-9-19)27(30)31/h5-12,17-18H,13-16H2,1-4H3,(H,25,29). The van der Waals surface area contributed by atoms with Crippen LogP contribution in [-0.2, 0) is 21.9 Å². The van der Waals surface area contributed by atoms with Gasteiger partial charge in [0.05, 0.1) is 17.8 Å². The highest BCUT2D eigenvalue weighted by molar-refractivity contribution is 7.99. The minimum absolute atomic E-state index is 0.0329. The number of hydrogen-bond donors (Lipinski definition) is 1. The zero-order valence-electron chi connectivity index (χ0n) is 19.4. The van der Waals surface area contributed by atoms with E-state index >= 15 is 0 Å². The molecule has 2 rings (SSSR count). The summed E-state index contributed by atoms with van der Waals surface area (Å²) in [6, 6.07) is 13.1. The van der Waals surface area contributed by atoms with Gasteiger partial charge in [0.15, 0.2) is 0 Å². The highest BCUT2D eigenvalue weighted by Crippen LogP contribution is 2.20. The number of benzene rings is 2. The predicted octanol–water partition coefficient (Wildman–Crippen LogP) is 4.03. The molecular weight excluding hydrogens is 442 g/mol. The number of carbonyl (C=O) groups excluding carboxylic acids is 2. The van der Waals surface area contributed by atoms with Crippen molar-refractivity contribution in [3.63, 3.8) is 0 Å². The van der Waals surface area contributed by atoms with Crippen LogP contribution in [0.1, 0.15) is 31.9 Å². The molecule has 0 aliphatic carbocycles. The van der Waals surface area contributed by atoms with Crippen LogP contribution in [0.5, 0.6) is 5.75 Å². The summed E-state index contributed by atoms with van der Waals surface area (Å²) in [6.45, 7) is 6.58. The minimum Gasteiger partial charge on any atom is -0.497 e. The van der Waals surface area contributed by atoms with Crippen molar-refractivity contribution in [1.29, 1.82) is 0 Å². The number of ether oxygens (including phenoxy) is 1. The smallest absolute Gasteiger partial charge is 0.269 e. The molecule has 1 N–H and O–H groups in total. The third-order valence-corrected chi connectivity index (χ3v) is 5.97. The lowest BCUT2D eigenvalue weighted by atomic mass is 10.1. The van der Waals surface area contributed by atoms with Crippen molar-refractivity contribution in [2.24, 2.45) is 5.92 Å². The van der Waals surface area contributed by atoms with Gasteiger partial charge in [-0.3, -0.25) is 19.7 Å². The molecule has 0 aromatic heterocycles. The number of non-ortho nitro benzene ring substituents is 1. The topological polar surface area (TPSA) is 102 Å². The summed E-state index contributed by atoms with van der Waals surface area (Å²) in [7, 11) is 1.58. The molecule has 0 spiro atoms. The van der Waals surface area contributed by atoms with E-state index in [1.54, 1.807) is 31.1 Å². The molecule has 0 saturated heterocycles. The fourth-order valence-corrected chi connectivity index (χ4v) is 3.93. The molecule has 2 amide bonds. The van der Waals surface area contributed by atoms with Gasteiger partial charge < -0.3 is 15.0 Å². The van der Waals surface area contributed by atoms with Gasteiger partial charge in [0.1, 0.15) is 11.8 Å². The first kappa shape index (κ1) is 26.2. The van der Waals surface area contributed by atoms with Gasteiger partial charge in [-0.1, -0.05) is 38.1 Å². The Morgan fingerprint density at radius 2 is 1.82 bits per heavy atom. The maximum absolute atomic E-state index is 13.1. The second kappa shape index (κ2) is 12.8. The Bertz CT molecular complexity index is 949. The highest BCUT2D eigenvalue weighted by atomic mass is 32.2. The molecule has 0 fully saturated rings. The number of thioether (sulfide) groups is 1. The second-order valence-corrected chi connectivity index (χ2v) is 9.09. The van der Waals surface area contributed by atoms with Gasteiger partial charge in [0, 0.05) is 31.0 Å². The Labute approximate surface area is 198 Å². The van der Waals surface area contributed by atoms with Gasteiger partial charge >= 0.3 is 0 Å². The van der Waals surface area contributed by atoms with E-state index in [-0.39, 0.29) is 29.8 Å².